The van der Waals surface area contributed by atoms with Gasteiger partial charge in [-0.3, -0.25) is 9.59 Å². The highest BCUT2D eigenvalue weighted by molar-refractivity contribution is 6.04. The fourth-order valence-electron chi connectivity index (χ4n) is 3.92. The number of carbonyl (C=O) groups excluding carboxylic acids is 2. The first-order chi connectivity index (χ1) is 12.0. The summed E-state index contributed by atoms with van der Waals surface area (Å²) >= 11 is 0. The molecule has 0 aliphatic carbocycles. The van der Waals surface area contributed by atoms with E-state index in [1.54, 1.807) is 4.90 Å². The molecule has 0 spiro atoms. The van der Waals surface area contributed by atoms with Crippen LogP contribution in [0.25, 0.3) is 11.0 Å². The van der Waals surface area contributed by atoms with E-state index >= 15 is 0 Å². The number of nitrogens with two attached hydrogens (primary N) is 1. The molecule has 0 radical (unpaired) electrons. The second-order valence-electron chi connectivity index (χ2n) is 6.96. The molecule has 2 aliphatic rings. The molecular weight excluding hydrogens is 320 g/mol. The summed E-state index contributed by atoms with van der Waals surface area (Å²) < 4.78 is 5.29. The molecule has 2 N–H and O–H groups in total. The topological polar surface area (TPSA) is 92.7 Å². The van der Waals surface area contributed by atoms with Crippen LogP contribution < -0.4 is 5.73 Å². The van der Waals surface area contributed by atoms with E-state index in [2.05, 4.69) is 5.16 Å². The summed E-state index contributed by atoms with van der Waals surface area (Å²) in [7, 11) is 0. The van der Waals surface area contributed by atoms with Crippen molar-refractivity contribution in [2.75, 3.05) is 13.1 Å². The van der Waals surface area contributed by atoms with Gasteiger partial charge in [0.2, 0.25) is 5.91 Å². The van der Waals surface area contributed by atoms with Crippen LogP contribution in [0.4, 0.5) is 0 Å². The third-order valence-electron chi connectivity index (χ3n) is 5.28. The van der Waals surface area contributed by atoms with Crippen LogP contribution >= 0.6 is 0 Å². The maximum absolute atomic E-state index is 13.0. The van der Waals surface area contributed by atoms with Crippen molar-refractivity contribution in [1.29, 1.82) is 0 Å². The number of nitrogens with zero attached hydrogens (tertiary/aromatic N) is 3. The molecule has 7 nitrogen and oxygen atoms in total. The zero-order valence-electron chi connectivity index (χ0n) is 14.3. The van der Waals surface area contributed by atoms with Gasteiger partial charge in [-0.05, 0) is 38.3 Å². The zero-order chi connectivity index (χ0) is 17.6. The minimum Gasteiger partial charge on any atom is -0.355 e. The third-order valence-corrected chi connectivity index (χ3v) is 5.28. The van der Waals surface area contributed by atoms with Gasteiger partial charge in [-0.25, -0.2) is 0 Å². The number of amides is 2. The molecule has 1 aromatic heterocycles. The fraction of sp³-hybridized carbons (Fsp3) is 0.500. The van der Waals surface area contributed by atoms with Crippen molar-refractivity contribution >= 4 is 22.8 Å². The number of hydrogen-bond acceptors (Lipinski definition) is 5. The van der Waals surface area contributed by atoms with Crippen LogP contribution in [0, 0.1) is 6.92 Å². The standard InChI is InChI=1S/C18H22N4O3/c1-11-2-4-14-13(10-11)17(20-25-14)18(24)21-8-6-12-3-5-15(19)22(12)16(23)7-9-21/h2,4,10,12,15H,3,5-9,19H2,1H3/t12-,15+/m1/s1. The van der Waals surface area contributed by atoms with E-state index in [0.717, 1.165) is 30.2 Å². The highest BCUT2D eigenvalue weighted by Crippen LogP contribution is 2.27. The first kappa shape index (κ1) is 16.1. The average Bonchev–Trinajstić information content (AvgIpc) is 3.15. The molecule has 2 amide bonds. The second-order valence-corrected chi connectivity index (χ2v) is 6.96. The molecule has 7 heteroatoms. The molecule has 25 heavy (non-hydrogen) atoms. The maximum Gasteiger partial charge on any atom is 0.276 e. The molecule has 4 rings (SSSR count). The molecular formula is C18H22N4O3. The normalized spacial score (nSPS) is 24.3. The van der Waals surface area contributed by atoms with Crippen molar-refractivity contribution in [2.24, 2.45) is 5.73 Å². The minimum absolute atomic E-state index is 0.0355. The SMILES string of the molecule is Cc1ccc2onc(C(=O)N3CCC(=O)N4[C@H](CC[C@H]4N)CC3)c2c1. The van der Waals surface area contributed by atoms with Crippen molar-refractivity contribution in [3.63, 3.8) is 0 Å². The summed E-state index contributed by atoms with van der Waals surface area (Å²) in [5.74, 6) is -0.138. The van der Waals surface area contributed by atoms with Crippen molar-refractivity contribution in [3.05, 3.63) is 29.5 Å². The predicted octanol–water partition coefficient (Wildman–Crippen LogP) is 1.65. The van der Waals surface area contributed by atoms with Crippen molar-refractivity contribution in [3.8, 4) is 0 Å². The van der Waals surface area contributed by atoms with Gasteiger partial charge in [0.05, 0.1) is 11.6 Å². The lowest BCUT2D eigenvalue weighted by Gasteiger charge is -2.34. The van der Waals surface area contributed by atoms with E-state index in [1.165, 1.54) is 0 Å². The van der Waals surface area contributed by atoms with Gasteiger partial charge in [0.15, 0.2) is 11.3 Å². The van der Waals surface area contributed by atoms with Gasteiger partial charge in [-0.2, -0.15) is 0 Å². The van der Waals surface area contributed by atoms with Gasteiger partial charge in [0.25, 0.3) is 5.91 Å². The Balaban J connectivity index is 1.58. The molecule has 2 aromatic rings. The lowest BCUT2D eigenvalue weighted by molar-refractivity contribution is -0.135. The van der Waals surface area contributed by atoms with Crippen LogP contribution in [0.1, 0.15) is 41.7 Å². The molecule has 2 saturated heterocycles. The summed E-state index contributed by atoms with van der Waals surface area (Å²) in [5.41, 5.74) is 8.02. The van der Waals surface area contributed by atoms with E-state index in [-0.39, 0.29) is 24.0 Å². The number of rotatable bonds is 1. The predicted molar refractivity (Wildman–Crippen MR) is 91.7 cm³/mol. The highest BCUT2D eigenvalue weighted by Gasteiger charge is 2.37. The Labute approximate surface area is 145 Å². The van der Waals surface area contributed by atoms with E-state index < -0.39 is 0 Å². The Morgan fingerprint density at radius 1 is 1.28 bits per heavy atom. The second kappa shape index (κ2) is 6.15. The van der Waals surface area contributed by atoms with Crippen LogP contribution in [-0.4, -0.2) is 52.1 Å². The first-order valence-corrected chi connectivity index (χ1v) is 8.76. The summed E-state index contributed by atoms with van der Waals surface area (Å²) in [6.45, 7) is 2.95. The Hall–Kier alpha value is -2.41. The van der Waals surface area contributed by atoms with Gasteiger partial charge in [0, 0.05) is 25.6 Å². The quantitative estimate of drug-likeness (QED) is 0.850. The van der Waals surface area contributed by atoms with E-state index in [4.69, 9.17) is 10.3 Å². The first-order valence-electron chi connectivity index (χ1n) is 8.76. The van der Waals surface area contributed by atoms with Gasteiger partial charge in [0.1, 0.15) is 0 Å². The molecule has 0 unspecified atom stereocenters. The Kier molecular flexibility index (Phi) is 3.95. The lowest BCUT2D eigenvalue weighted by Crippen LogP contribution is -2.50. The van der Waals surface area contributed by atoms with Crippen LogP contribution in [0.15, 0.2) is 22.7 Å². The molecule has 2 aliphatic heterocycles. The van der Waals surface area contributed by atoms with Gasteiger partial charge < -0.3 is 20.1 Å². The Morgan fingerprint density at radius 3 is 2.96 bits per heavy atom. The van der Waals surface area contributed by atoms with Crippen molar-refractivity contribution in [1.82, 2.24) is 15.0 Å². The number of hydrogen-bond donors (Lipinski definition) is 1. The molecule has 132 valence electrons. The van der Waals surface area contributed by atoms with Gasteiger partial charge in [-0.1, -0.05) is 16.8 Å². The van der Waals surface area contributed by atoms with E-state index in [1.807, 2.05) is 30.0 Å². The van der Waals surface area contributed by atoms with E-state index in [0.29, 0.717) is 30.8 Å². The molecule has 1 aromatic carbocycles. The molecule has 3 heterocycles. The zero-order valence-corrected chi connectivity index (χ0v) is 14.3. The molecule has 2 fully saturated rings. The smallest absolute Gasteiger partial charge is 0.276 e. The molecule has 0 saturated carbocycles. The minimum atomic E-state index is -0.179. The maximum atomic E-state index is 13.0. The lowest BCUT2D eigenvalue weighted by atomic mass is 10.1. The fourth-order valence-corrected chi connectivity index (χ4v) is 3.92. The highest BCUT2D eigenvalue weighted by atomic mass is 16.5. The molecule has 2 atom stereocenters. The Bertz CT molecular complexity index is 831. The van der Waals surface area contributed by atoms with Crippen LogP contribution in [0.2, 0.25) is 0 Å². The van der Waals surface area contributed by atoms with Crippen molar-refractivity contribution < 1.29 is 14.1 Å². The van der Waals surface area contributed by atoms with E-state index in [9.17, 15) is 9.59 Å². The van der Waals surface area contributed by atoms with Crippen molar-refractivity contribution in [2.45, 2.75) is 44.8 Å². The average molecular weight is 342 g/mol. The summed E-state index contributed by atoms with van der Waals surface area (Å²) in [6, 6.07) is 5.79. The Morgan fingerprint density at radius 2 is 2.12 bits per heavy atom. The monoisotopic (exact) mass is 342 g/mol. The molecule has 0 bridgehead atoms. The number of fused-ring (bicyclic) bond motifs is 2. The van der Waals surface area contributed by atoms with Gasteiger partial charge >= 0.3 is 0 Å². The van der Waals surface area contributed by atoms with Crippen LogP contribution in [0.5, 0.6) is 0 Å². The number of aromatic nitrogens is 1. The van der Waals surface area contributed by atoms with Gasteiger partial charge in [-0.15, -0.1) is 0 Å². The number of aryl methyl sites for hydroxylation is 1. The summed E-state index contributed by atoms with van der Waals surface area (Å²) in [6.07, 6.45) is 2.60. The number of carbonyl (C=O) groups is 2. The summed E-state index contributed by atoms with van der Waals surface area (Å²) in [4.78, 5) is 28.9. The van der Waals surface area contributed by atoms with Crippen LogP contribution in [-0.2, 0) is 4.79 Å². The summed E-state index contributed by atoms with van der Waals surface area (Å²) in [5, 5.41) is 4.71. The van der Waals surface area contributed by atoms with Crippen LogP contribution in [0.3, 0.4) is 0 Å². The number of benzene rings is 1. The largest absolute Gasteiger partial charge is 0.355 e. The third kappa shape index (κ3) is 2.78.